The lowest BCUT2D eigenvalue weighted by Gasteiger charge is -2.21. The van der Waals surface area contributed by atoms with Crippen molar-refractivity contribution in [2.24, 2.45) is 5.92 Å². The average molecular weight is 341 g/mol. The van der Waals surface area contributed by atoms with E-state index in [4.69, 9.17) is 11.6 Å². The number of likely N-dealkylation sites (N-methyl/N-ethyl adjacent to an activating group) is 1. The number of pyridine rings is 1. The topological polar surface area (TPSA) is 70.5 Å². The van der Waals surface area contributed by atoms with E-state index in [9.17, 15) is 13.5 Å². The predicted octanol–water partition coefficient (Wildman–Crippen LogP) is 2.28. The third-order valence-electron chi connectivity index (χ3n) is 3.98. The molecule has 1 aliphatic carbocycles. The molecule has 7 heteroatoms. The molecule has 1 aliphatic rings. The minimum absolute atomic E-state index is 0.0946. The number of aromatic nitrogens is 1. The van der Waals surface area contributed by atoms with E-state index >= 15 is 0 Å². The van der Waals surface area contributed by atoms with Crippen molar-refractivity contribution in [3.05, 3.63) is 35.5 Å². The van der Waals surface area contributed by atoms with Gasteiger partial charge < -0.3 is 5.11 Å². The molecule has 3 rings (SSSR count). The summed E-state index contributed by atoms with van der Waals surface area (Å²) in [5.74, 6) is 0.223. The summed E-state index contributed by atoms with van der Waals surface area (Å²) in [7, 11) is -2.22. The highest BCUT2D eigenvalue weighted by atomic mass is 35.5. The molecule has 1 aromatic carbocycles. The van der Waals surface area contributed by atoms with Gasteiger partial charge in [-0.1, -0.05) is 11.6 Å². The second-order valence-corrected chi connectivity index (χ2v) is 8.06. The first-order valence-electron chi connectivity index (χ1n) is 7.09. The van der Waals surface area contributed by atoms with Gasteiger partial charge in [0.2, 0.25) is 10.0 Å². The van der Waals surface area contributed by atoms with Gasteiger partial charge in [-0.15, -0.1) is 0 Å². The lowest BCUT2D eigenvalue weighted by atomic mass is 10.2. The number of sulfonamides is 1. The van der Waals surface area contributed by atoms with Gasteiger partial charge in [0, 0.05) is 25.2 Å². The minimum Gasteiger partial charge on any atom is -0.391 e. The summed E-state index contributed by atoms with van der Waals surface area (Å²) in [6.45, 7) is 0.0946. The number of benzene rings is 1. The van der Waals surface area contributed by atoms with Crippen LogP contribution in [0.15, 0.2) is 35.4 Å². The number of hydrogen-bond acceptors (Lipinski definition) is 4. The van der Waals surface area contributed by atoms with Crippen molar-refractivity contribution in [3.8, 4) is 0 Å². The fourth-order valence-corrected chi connectivity index (χ4v) is 4.08. The third-order valence-corrected chi connectivity index (χ3v) is 6.17. The van der Waals surface area contributed by atoms with Gasteiger partial charge in [0.1, 0.15) is 0 Å². The molecular formula is C15H17ClN2O3S. The van der Waals surface area contributed by atoms with E-state index in [0.717, 1.165) is 12.8 Å². The molecule has 0 aliphatic heterocycles. The standard InChI is InChI=1S/C15H17ClN2O3S/c1-18(9-13(19)10-4-5-10)22(20,21)14-7-6-12(16)15-11(14)3-2-8-17-15/h2-3,6-8,10,13,19H,4-5,9H2,1H3/t13-/m0/s1. The van der Waals surface area contributed by atoms with Crippen molar-refractivity contribution in [2.45, 2.75) is 23.8 Å². The zero-order valence-corrected chi connectivity index (χ0v) is 13.7. The van der Waals surface area contributed by atoms with Crippen LogP contribution in [0.2, 0.25) is 5.02 Å². The van der Waals surface area contributed by atoms with Crippen molar-refractivity contribution in [3.63, 3.8) is 0 Å². The van der Waals surface area contributed by atoms with Gasteiger partial charge in [-0.05, 0) is 43.0 Å². The van der Waals surface area contributed by atoms with Crippen LogP contribution in [0.5, 0.6) is 0 Å². The zero-order valence-electron chi connectivity index (χ0n) is 12.1. The van der Waals surface area contributed by atoms with Crippen LogP contribution in [-0.4, -0.2) is 42.5 Å². The Balaban J connectivity index is 2.00. The second kappa shape index (κ2) is 5.77. The van der Waals surface area contributed by atoms with E-state index in [1.54, 1.807) is 18.3 Å². The van der Waals surface area contributed by atoms with Crippen LogP contribution in [-0.2, 0) is 10.0 Å². The van der Waals surface area contributed by atoms with Crippen LogP contribution in [0, 0.1) is 5.92 Å². The third kappa shape index (κ3) is 2.84. The van der Waals surface area contributed by atoms with Crippen LogP contribution in [0.1, 0.15) is 12.8 Å². The van der Waals surface area contributed by atoms with E-state index in [2.05, 4.69) is 4.98 Å². The van der Waals surface area contributed by atoms with Gasteiger partial charge >= 0.3 is 0 Å². The Hall–Kier alpha value is -1.21. The monoisotopic (exact) mass is 340 g/mol. The first kappa shape index (κ1) is 15.7. The molecule has 0 radical (unpaired) electrons. The number of aliphatic hydroxyl groups excluding tert-OH is 1. The molecule has 2 aromatic rings. The van der Waals surface area contributed by atoms with Gasteiger partial charge in [0.05, 0.1) is 21.5 Å². The minimum atomic E-state index is -3.71. The molecule has 1 aromatic heterocycles. The molecule has 0 unspecified atom stereocenters. The lowest BCUT2D eigenvalue weighted by Crippen LogP contribution is -2.35. The number of nitrogens with zero attached hydrogens (tertiary/aromatic N) is 2. The van der Waals surface area contributed by atoms with Crippen molar-refractivity contribution in [1.82, 2.24) is 9.29 Å². The van der Waals surface area contributed by atoms with Crippen LogP contribution in [0.3, 0.4) is 0 Å². The summed E-state index contributed by atoms with van der Waals surface area (Å²) in [4.78, 5) is 4.31. The Morgan fingerprint density at radius 3 is 2.82 bits per heavy atom. The highest BCUT2D eigenvalue weighted by Crippen LogP contribution is 2.34. The van der Waals surface area contributed by atoms with Crippen molar-refractivity contribution in [2.75, 3.05) is 13.6 Å². The molecule has 22 heavy (non-hydrogen) atoms. The van der Waals surface area contributed by atoms with E-state index in [-0.39, 0.29) is 17.4 Å². The Kier molecular flexibility index (Phi) is 4.11. The number of halogens is 1. The van der Waals surface area contributed by atoms with E-state index < -0.39 is 16.1 Å². The molecular weight excluding hydrogens is 324 g/mol. The summed E-state index contributed by atoms with van der Waals surface area (Å²) in [5, 5.41) is 10.9. The van der Waals surface area contributed by atoms with Crippen LogP contribution >= 0.6 is 11.6 Å². The van der Waals surface area contributed by atoms with E-state index in [1.165, 1.54) is 23.5 Å². The Morgan fingerprint density at radius 2 is 2.14 bits per heavy atom. The molecule has 0 saturated heterocycles. The quantitative estimate of drug-likeness (QED) is 0.906. The summed E-state index contributed by atoms with van der Waals surface area (Å²) in [6.07, 6.45) is 2.88. The van der Waals surface area contributed by atoms with Crippen molar-refractivity contribution >= 4 is 32.5 Å². The summed E-state index contributed by atoms with van der Waals surface area (Å²) in [6, 6.07) is 6.39. The Bertz CT molecular complexity index is 806. The largest absolute Gasteiger partial charge is 0.391 e. The molecule has 118 valence electrons. The lowest BCUT2D eigenvalue weighted by molar-refractivity contribution is 0.131. The normalized spacial score (nSPS) is 17.1. The molecule has 1 saturated carbocycles. The fraction of sp³-hybridized carbons (Fsp3) is 0.400. The molecule has 0 bridgehead atoms. The first-order valence-corrected chi connectivity index (χ1v) is 8.90. The summed E-state index contributed by atoms with van der Waals surface area (Å²) >= 11 is 6.08. The molecule has 0 amide bonds. The van der Waals surface area contributed by atoms with Crippen molar-refractivity contribution in [1.29, 1.82) is 0 Å². The van der Waals surface area contributed by atoms with Crippen LogP contribution in [0.25, 0.3) is 10.9 Å². The SMILES string of the molecule is CN(C[C@H](O)C1CC1)S(=O)(=O)c1ccc(Cl)c2ncccc12. The molecule has 5 nitrogen and oxygen atoms in total. The van der Waals surface area contributed by atoms with Gasteiger partial charge in [-0.25, -0.2) is 8.42 Å². The van der Waals surface area contributed by atoms with Gasteiger partial charge in [-0.2, -0.15) is 4.31 Å². The van der Waals surface area contributed by atoms with E-state index in [1.807, 2.05) is 0 Å². The molecule has 1 atom stereocenters. The highest BCUT2D eigenvalue weighted by Gasteiger charge is 2.33. The Morgan fingerprint density at radius 1 is 1.41 bits per heavy atom. The number of aliphatic hydroxyl groups is 1. The number of hydrogen-bond donors (Lipinski definition) is 1. The summed E-state index contributed by atoms with van der Waals surface area (Å²) < 4.78 is 26.8. The number of fused-ring (bicyclic) bond motifs is 1. The highest BCUT2D eigenvalue weighted by molar-refractivity contribution is 7.89. The predicted molar refractivity (Wildman–Crippen MR) is 85.3 cm³/mol. The Labute approximate surface area is 134 Å². The van der Waals surface area contributed by atoms with Gasteiger partial charge in [0.15, 0.2) is 0 Å². The molecule has 0 spiro atoms. The zero-order chi connectivity index (χ0) is 15.9. The second-order valence-electron chi connectivity index (χ2n) is 5.64. The van der Waals surface area contributed by atoms with Crippen molar-refractivity contribution < 1.29 is 13.5 Å². The molecule has 1 N–H and O–H groups in total. The smallest absolute Gasteiger partial charge is 0.243 e. The van der Waals surface area contributed by atoms with Crippen LogP contribution < -0.4 is 0 Å². The van der Waals surface area contributed by atoms with Crippen LogP contribution in [0.4, 0.5) is 0 Å². The molecule has 1 heterocycles. The van der Waals surface area contributed by atoms with E-state index in [0.29, 0.717) is 15.9 Å². The van der Waals surface area contributed by atoms with Gasteiger partial charge in [0.25, 0.3) is 0 Å². The average Bonchev–Trinajstić information content (AvgIpc) is 3.32. The summed E-state index contributed by atoms with van der Waals surface area (Å²) in [5.41, 5.74) is 0.460. The maximum absolute atomic E-state index is 12.8. The molecule has 1 fully saturated rings. The maximum Gasteiger partial charge on any atom is 0.243 e. The first-order chi connectivity index (χ1) is 10.4. The number of rotatable bonds is 5. The maximum atomic E-state index is 12.8. The fourth-order valence-electron chi connectivity index (χ4n) is 2.50. The van der Waals surface area contributed by atoms with Gasteiger partial charge in [-0.3, -0.25) is 4.98 Å².